The fourth-order valence-electron chi connectivity index (χ4n) is 2.87. The van der Waals surface area contributed by atoms with Gasteiger partial charge in [-0.1, -0.05) is 11.6 Å². The van der Waals surface area contributed by atoms with E-state index in [0.29, 0.717) is 31.0 Å². The van der Waals surface area contributed by atoms with Crippen molar-refractivity contribution in [3.8, 4) is 5.75 Å². The number of carbonyl (C=O) groups is 1. The zero-order valence-corrected chi connectivity index (χ0v) is 16.4. The minimum Gasteiger partial charge on any atom is -0.494 e. The van der Waals surface area contributed by atoms with Crippen molar-refractivity contribution >= 4 is 27.5 Å². The number of hydrogen-bond acceptors (Lipinski definition) is 5. The second kappa shape index (κ2) is 8.24. The van der Waals surface area contributed by atoms with Crippen molar-refractivity contribution < 1.29 is 17.9 Å². The van der Waals surface area contributed by atoms with E-state index < -0.39 is 10.0 Å². The number of hydrogen-bond donors (Lipinski definition) is 0. The lowest BCUT2D eigenvalue weighted by molar-refractivity contribution is 0.0697. The van der Waals surface area contributed by atoms with Crippen molar-refractivity contribution in [2.24, 2.45) is 0 Å². The lowest BCUT2D eigenvalue weighted by atomic mass is 10.2. The Morgan fingerprint density at radius 2 is 1.81 bits per heavy atom. The fourth-order valence-corrected chi connectivity index (χ4v) is 4.49. The number of piperazine rings is 1. The first-order valence-electron chi connectivity index (χ1n) is 8.56. The largest absolute Gasteiger partial charge is 0.494 e. The molecule has 0 N–H and O–H groups in total. The van der Waals surface area contributed by atoms with Crippen LogP contribution in [0.3, 0.4) is 0 Å². The molecule has 27 heavy (non-hydrogen) atoms. The van der Waals surface area contributed by atoms with Gasteiger partial charge in [0.15, 0.2) is 0 Å². The van der Waals surface area contributed by atoms with Gasteiger partial charge in [-0.05, 0) is 43.3 Å². The van der Waals surface area contributed by atoms with Crippen molar-refractivity contribution in [1.82, 2.24) is 14.2 Å². The summed E-state index contributed by atoms with van der Waals surface area (Å²) in [5, 5.41) is 0.145. The third kappa shape index (κ3) is 4.23. The summed E-state index contributed by atoms with van der Waals surface area (Å²) < 4.78 is 32.3. The first kappa shape index (κ1) is 19.6. The predicted octanol–water partition coefficient (Wildman–Crippen LogP) is 2.28. The normalized spacial score (nSPS) is 15.6. The van der Waals surface area contributed by atoms with Crippen LogP contribution in [0, 0.1) is 0 Å². The van der Waals surface area contributed by atoms with Crippen LogP contribution >= 0.6 is 11.6 Å². The average molecular weight is 410 g/mol. The van der Waals surface area contributed by atoms with Gasteiger partial charge in [-0.2, -0.15) is 4.31 Å². The molecule has 9 heteroatoms. The minimum atomic E-state index is -3.61. The van der Waals surface area contributed by atoms with Crippen molar-refractivity contribution in [3.63, 3.8) is 0 Å². The zero-order chi connectivity index (χ0) is 19.4. The SMILES string of the molecule is CCOc1ccc(S(=O)(=O)N2CCN(C(=O)c3cccnc3Cl)CC2)cc1. The summed E-state index contributed by atoms with van der Waals surface area (Å²) in [5.74, 6) is 0.381. The molecule has 0 radical (unpaired) electrons. The Balaban J connectivity index is 1.67. The molecule has 2 heterocycles. The molecule has 0 aliphatic carbocycles. The van der Waals surface area contributed by atoms with Crippen LogP contribution in [0.4, 0.5) is 0 Å². The van der Waals surface area contributed by atoms with Gasteiger partial charge in [0.2, 0.25) is 10.0 Å². The Bertz CT molecular complexity index is 910. The van der Waals surface area contributed by atoms with Gasteiger partial charge in [0.1, 0.15) is 10.9 Å². The molecule has 3 rings (SSSR count). The number of amides is 1. The summed E-state index contributed by atoms with van der Waals surface area (Å²) in [6, 6.07) is 9.61. The average Bonchev–Trinajstić information content (AvgIpc) is 2.69. The second-order valence-corrected chi connectivity index (χ2v) is 8.24. The number of carbonyl (C=O) groups excluding carboxylic acids is 1. The van der Waals surface area contributed by atoms with E-state index in [9.17, 15) is 13.2 Å². The van der Waals surface area contributed by atoms with Gasteiger partial charge in [0.05, 0.1) is 17.1 Å². The zero-order valence-electron chi connectivity index (χ0n) is 14.8. The molecule has 0 spiro atoms. The predicted molar refractivity (Wildman–Crippen MR) is 102 cm³/mol. The third-order valence-electron chi connectivity index (χ3n) is 4.29. The van der Waals surface area contributed by atoms with Gasteiger partial charge in [0.25, 0.3) is 5.91 Å². The third-order valence-corrected chi connectivity index (χ3v) is 6.50. The van der Waals surface area contributed by atoms with Gasteiger partial charge >= 0.3 is 0 Å². The number of ether oxygens (including phenoxy) is 1. The fraction of sp³-hybridized carbons (Fsp3) is 0.333. The molecular weight excluding hydrogens is 390 g/mol. The van der Waals surface area contributed by atoms with Crippen LogP contribution in [0.1, 0.15) is 17.3 Å². The van der Waals surface area contributed by atoms with Crippen LogP contribution < -0.4 is 4.74 Å². The van der Waals surface area contributed by atoms with Crippen molar-refractivity contribution in [3.05, 3.63) is 53.3 Å². The van der Waals surface area contributed by atoms with Crippen LogP contribution in [0.15, 0.2) is 47.5 Å². The molecule has 1 aromatic heterocycles. The van der Waals surface area contributed by atoms with Gasteiger partial charge < -0.3 is 9.64 Å². The summed E-state index contributed by atoms with van der Waals surface area (Å²) in [5.41, 5.74) is 0.321. The van der Waals surface area contributed by atoms with E-state index in [-0.39, 0.29) is 29.0 Å². The maximum Gasteiger partial charge on any atom is 0.257 e. The highest BCUT2D eigenvalue weighted by atomic mass is 35.5. The summed E-state index contributed by atoms with van der Waals surface area (Å²) in [7, 11) is -3.61. The van der Waals surface area contributed by atoms with Crippen LogP contribution in [0.25, 0.3) is 0 Å². The van der Waals surface area contributed by atoms with Crippen LogP contribution in [0.2, 0.25) is 5.15 Å². The highest BCUT2D eigenvalue weighted by Crippen LogP contribution is 2.22. The topological polar surface area (TPSA) is 79.8 Å². The molecule has 1 saturated heterocycles. The molecule has 0 atom stereocenters. The maximum absolute atomic E-state index is 12.8. The monoisotopic (exact) mass is 409 g/mol. The van der Waals surface area contributed by atoms with Gasteiger partial charge in [-0.25, -0.2) is 13.4 Å². The number of pyridine rings is 1. The first-order valence-corrected chi connectivity index (χ1v) is 10.4. The summed E-state index contributed by atoms with van der Waals surface area (Å²) in [6.45, 7) is 3.41. The minimum absolute atomic E-state index is 0.145. The van der Waals surface area contributed by atoms with Gasteiger partial charge in [0, 0.05) is 32.4 Å². The number of rotatable bonds is 5. The molecule has 1 fully saturated rings. The molecule has 0 bridgehead atoms. The molecular formula is C18H20ClN3O4S. The number of nitrogens with zero attached hydrogens (tertiary/aromatic N) is 3. The van der Waals surface area contributed by atoms with Crippen LogP contribution in [-0.2, 0) is 10.0 Å². The van der Waals surface area contributed by atoms with E-state index in [1.54, 1.807) is 29.2 Å². The molecule has 1 amide bonds. The number of halogens is 1. The first-order chi connectivity index (χ1) is 12.9. The van der Waals surface area contributed by atoms with Crippen LogP contribution in [0.5, 0.6) is 5.75 Å². The quantitative estimate of drug-likeness (QED) is 0.708. The Hall–Kier alpha value is -2.16. The number of sulfonamides is 1. The van der Waals surface area contributed by atoms with E-state index in [1.165, 1.54) is 22.6 Å². The smallest absolute Gasteiger partial charge is 0.257 e. The van der Waals surface area contributed by atoms with Gasteiger partial charge in [-0.15, -0.1) is 0 Å². The highest BCUT2D eigenvalue weighted by Gasteiger charge is 2.31. The van der Waals surface area contributed by atoms with E-state index in [4.69, 9.17) is 16.3 Å². The molecule has 1 aromatic carbocycles. The molecule has 7 nitrogen and oxygen atoms in total. The highest BCUT2D eigenvalue weighted by molar-refractivity contribution is 7.89. The van der Waals surface area contributed by atoms with Gasteiger partial charge in [-0.3, -0.25) is 4.79 Å². The molecule has 2 aromatic rings. The van der Waals surface area contributed by atoms with E-state index in [2.05, 4.69) is 4.98 Å². The maximum atomic E-state index is 12.8. The van der Waals surface area contributed by atoms with Crippen molar-refractivity contribution in [1.29, 1.82) is 0 Å². The van der Waals surface area contributed by atoms with E-state index in [1.807, 2.05) is 6.92 Å². The summed E-state index contributed by atoms with van der Waals surface area (Å²) in [4.78, 5) is 18.3. The van der Waals surface area contributed by atoms with Crippen molar-refractivity contribution in [2.45, 2.75) is 11.8 Å². The molecule has 1 aliphatic heterocycles. The number of aromatic nitrogens is 1. The standard InChI is InChI=1S/C18H20ClN3O4S/c1-2-26-14-5-7-15(8-6-14)27(24,25)22-12-10-21(11-13-22)18(23)16-4-3-9-20-17(16)19/h3-9H,2,10-13H2,1H3. The molecule has 1 aliphatic rings. The molecule has 0 saturated carbocycles. The Kier molecular flexibility index (Phi) is 5.98. The van der Waals surface area contributed by atoms with E-state index >= 15 is 0 Å². The second-order valence-electron chi connectivity index (χ2n) is 5.94. The summed E-state index contributed by atoms with van der Waals surface area (Å²) >= 11 is 5.98. The van der Waals surface area contributed by atoms with Crippen LogP contribution in [-0.4, -0.2) is 61.3 Å². The lowest BCUT2D eigenvalue weighted by Crippen LogP contribution is -2.50. The lowest BCUT2D eigenvalue weighted by Gasteiger charge is -2.34. The van der Waals surface area contributed by atoms with Crippen molar-refractivity contribution in [2.75, 3.05) is 32.8 Å². The molecule has 0 unspecified atom stereocenters. The molecule has 144 valence electrons. The van der Waals surface area contributed by atoms with E-state index in [0.717, 1.165) is 0 Å². The Morgan fingerprint density at radius 3 is 2.41 bits per heavy atom. The Morgan fingerprint density at radius 1 is 1.15 bits per heavy atom. The Labute approximate surface area is 163 Å². The number of benzene rings is 1. The summed E-state index contributed by atoms with van der Waals surface area (Å²) in [6.07, 6.45) is 1.51.